The molecule has 1 fully saturated rings. The van der Waals surface area contributed by atoms with Gasteiger partial charge in [0.05, 0.1) is 10.6 Å². The first-order valence-electron chi connectivity index (χ1n) is 9.99. The van der Waals surface area contributed by atoms with Gasteiger partial charge in [-0.2, -0.15) is 0 Å². The van der Waals surface area contributed by atoms with Crippen LogP contribution in [0.2, 0.25) is 0 Å². The van der Waals surface area contributed by atoms with Gasteiger partial charge in [-0.15, -0.1) is 0 Å². The number of aliphatic imine (C=N–C) groups is 1. The fourth-order valence-electron chi connectivity index (χ4n) is 4.28. The Balaban J connectivity index is 1.59. The van der Waals surface area contributed by atoms with Crippen molar-refractivity contribution in [1.29, 1.82) is 0 Å². The SMILES string of the molecule is CCC1CSC2=NC(c3ccccn3)C(c3cccn3-c3ccc([N+](=O)[O-])cc3)N21. The Bertz CT molecular complexity index is 1100. The molecule has 2 aromatic heterocycles. The molecule has 0 spiro atoms. The van der Waals surface area contributed by atoms with Gasteiger partial charge < -0.3 is 9.47 Å². The lowest BCUT2D eigenvalue weighted by molar-refractivity contribution is -0.384. The molecule has 0 saturated carbocycles. The largest absolute Gasteiger partial charge is 0.337 e. The van der Waals surface area contributed by atoms with E-state index in [1.54, 1.807) is 24.3 Å². The summed E-state index contributed by atoms with van der Waals surface area (Å²) in [4.78, 5) is 22.8. The quantitative estimate of drug-likeness (QED) is 0.440. The Kier molecular flexibility index (Phi) is 4.78. The van der Waals surface area contributed by atoms with Gasteiger partial charge in [-0.1, -0.05) is 24.8 Å². The Morgan fingerprint density at radius 2 is 2.00 bits per heavy atom. The van der Waals surface area contributed by atoms with Crippen LogP contribution >= 0.6 is 11.8 Å². The number of fused-ring (bicyclic) bond motifs is 1. The van der Waals surface area contributed by atoms with Crippen LogP contribution in [-0.2, 0) is 0 Å². The van der Waals surface area contributed by atoms with Crippen LogP contribution in [0.25, 0.3) is 5.69 Å². The third-order valence-corrected chi connectivity index (χ3v) is 6.88. The van der Waals surface area contributed by atoms with E-state index in [4.69, 9.17) is 4.99 Å². The van der Waals surface area contributed by atoms with E-state index in [9.17, 15) is 10.1 Å². The summed E-state index contributed by atoms with van der Waals surface area (Å²) in [7, 11) is 0. The number of aromatic nitrogens is 2. The molecule has 4 heterocycles. The van der Waals surface area contributed by atoms with E-state index in [1.165, 1.54) is 0 Å². The number of nitro benzene ring substituents is 1. The number of amidine groups is 1. The molecular weight excluding hydrogens is 398 g/mol. The summed E-state index contributed by atoms with van der Waals surface area (Å²) in [5.74, 6) is 1.04. The first-order chi connectivity index (χ1) is 14.7. The van der Waals surface area contributed by atoms with Crippen LogP contribution in [0.1, 0.15) is 36.8 Å². The number of thioether (sulfide) groups is 1. The molecular formula is C22H21N5O2S. The van der Waals surface area contributed by atoms with Crippen LogP contribution in [-0.4, -0.2) is 36.3 Å². The van der Waals surface area contributed by atoms with Crippen molar-refractivity contribution in [2.24, 2.45) is 4.99 Å². The van der Waals surface area contributed by atoms with Gasteiger partial charge in [0.25, 0.3) is 5.69 Å². The van der Waals surface area contributed by atoms with E-state index >= 15 is 0 Å². The Morgan fingerprint density at radius 1 is 1.17 bits per heavy atom. The third kappa shape index (κ3) is 3.08. The minimum Gasteiger partial charge on any atom is -0.337 e. The molecule has 3 atom stereocenters. The predicted molar refractivity (Wildman–Crippen MR) is 118 cm³/mol. The van der Waals surface area contributed by atoms with Crippen LogP contribution in [0.15, 0.2) is 72.0 Å². The second kappa shape index (κ2) is 7.60. The fourth-order valence-corrected chi connectivity index (χ4v) is 5.61. The Hall–Kier alpha value is -3.13. The molecule has 1 aromatic carbocycles. The topological polar surface area (TPSA) is 76.6 Å². The highest BCUT2D eigenvalue weighted by Crippen LogP contribution is 2.48. The molecule has 3 aromatic rings. The van der Waals surface area contributed by atoms with E-state index in [0.717, 1.165) is 34.4 Å². The normalized spacial score (nSPS) is 22.8. The smallest absolute Gasteiger partial charge is 0.269 e. The van der Waals surface area contributed by atoms with Gasteiger partial charge in [-0.3, -0.25) is 20.1 Å². The van der Waals surface area contributed by atoms with E-state index in [0.29, 0.717) is 6.04 Å². The molecule has 7 nitrogen and oxygen atoms in total. The minimum atomic E-state index is -0.373. The van der Waals surface area contributed by atoms with E-state index in [-0.39, 0.29) is 22.7 Å². The number of hydrogen-bond acceptors (Lipinski definition) is 6. The average molecular weight is 420 g/mol. The Labute approximate surface area is 178 Å². The predicted octanol–water partition coefficient (Wildman–Crippen LogP) is 4.76. The fraction of sp³-hybridized carbons (Fsp3) is 0.273. The van der Waals surface area contributed by atoms with Gasteiger partial charge in [-0.25, -0.2) is 0 Å². The summed E-state index contributed by atoms with van der Waals surface area (Å²) < 4.78 is 2.11. The maximum Gasteiger partial charge on any atom is 0.269 e. The lowest BCUT2D eigenvalue weighted by Crippen LogP contribution is -2.36. The molecule has 0 aliphatic carbocycles. The number of rotatable bonds is 5. The number of non-ortho nitro benzene ring substituents is 1. The van der Waals surface area contributed by atoms with Gasteiger partial charge in [-0.05, 0) is 42.8 Å². The molecule has 8 heteroatoms. The molecule has 0 N–H and O–H groups in total. The molecule has 1 saturated heterocycles. The number of nitrogens with zero attached hydrogens (tertiary/aromatic N) is 5. The summed E-state index contributed by atoms with van der Waals surface area (Å²) in [5.41, 5.74) is 3.05. The van der Waals surface area contributed by atoms with Crippen molar-refractivity contribution in [3.05, 3.63) is 88.5 Å². The molecule has 30 heavy (non-hydrogen) atoms. The monoisotopic (exact) mass is 419 g/mol. The van der Waals surface area contributed by atoms with Crippen molar-refractivity contribution in [3.8, 4) is 5.69 Å². The minimum absolute atomic E-state index is 0.0278. The van der Waals surface area contributed by atoms with Crippen molar-refractivity contribution in [2.75, 3.05) is 5.75 Å². The average Bonchev–Trinajstić information content (AvgIpc) is 3.49. The maximum atomic E-state index is 11.0. The molecule has 0 radical (unpaired) electrons. The zero-order valence-corrected chi connectivity index (χ0v) is 17.3. The van der Waals surface area contributed by atoms with E-state index in [1.807, 2.05) is 48.4 Å². The highest BCUT2D eigenvalue weighted by atomic mass is 32.2. The van der Waals surface area contributed by atoms with Crippen molar-refractivity contribution in [2.45, 2.75) is 31.5 Å². The zero-order valence-electron chi connectivity index (χ0n) is 16.5. The summed E-state index contributed by atoms with van der Waals surface area (Å²) >= 11 is 1.82. The van der Waals surface area contributed by atoms with Gasteiger partial charge in [0, 0.05) is 47.7 Å². The highest BCUT2D eigenvalue weighted by Gasteiger charge is 2.46. The summed E-state index contributed by atoms with van der Waals surface area (Å²) in [6.07, 6.45) is 4.87. The van der Waals surface area contributed by atoms with Crippen LogP contribution in [0, 0.1) is 10.1 Å². The number of hydrogen-bond donors (Lipinski definition) is 0. The van der Waals surface area contributed by atoms with Crippen LogP contribution in [0.4, 0.5) is 5.69 Å². The molecule has 2 aliphatic heterocycles. The first kappa shape index (κ1) is 18.9. The molecule has 5 rings (SSSR count). The van der Waals surface area contributed by atoms with Crippen molar-refractivity contribution in [1.82, 2.24) is 14.5 Å². The second-order valence-corrected chi connectivity index (χ2v) is 8.40. The highest BCUT2D eigenvalue weighted by molar-refractivity contribution is 8.14. The van der Waals surface area contributed by atoms with Crippen LogP contribution in [0.3, 0.4) is 0 Å². The van der Waals surface area contributed by atoms with E-state index in [2.05, 4.69) is 27.4 Å². The van der Waals surface area contributed by atoms with Gasteiger partial charge >= 0.3 is 0 Å². The van der Waals surface area contributed by atoms with Crippen molar-refractivity contribution in [3.63, 3.8) is 0 Å². The van der Waals surface area contributed by atoms with Crippen LogP contribution in [0.5, 0.6) is 0 Å². The van der Waals surface area contributed by atoms with E-state index < -0.39 is 0 Å². The maximum absolute atomic E-state index is 11.0. The molecule has 3 unspecified atom stereocenters. The zero-order chi connectivity index (χ0) is 20.7. The van der Waals surface area contributed by atoms with Crippen molar-refractivity contribution < 1.29 is 4.92 Å². The lowest BCUT2D eigenvalue weighted by atomic mass is 9.99. The molecule has 2 aliphatic rings. The second-order valence-electron chi connectivity index (χ2n) is 7.41. The third-order valence-electron chi connectivity index (χ3n) is 5.75. The summed E-state index contributed by atoms with van der Waals surface area (Å²) in [6, 6.07) is 17.2. The van der Waals surface area contributed by atoms with Gasteiger partial charge in [0.15, 0.2) is 5.17 Å². The molecule has 152 valence electrons. The standard InChI is InChI=1S/C22H21N5O2S/c1-2-15-14-30-22-24-20(18-6-3-4-12-23-18)21(26(15)22)19-7-5-13-25(19)16-8-10-17(11-9-16)27(28)29/h3-13,15,20-21H,2,14H2,1H3. The summed E-state index contributed by atoms with van der Waals surface area (Å²) in [5, 5.41) is 12.1. The molecule has 0 bridgehead atoms. The van der Waals surface area contributed by atoms with Crippen molar-refractivity contribution >= 4 is 22.6 Å². The summed E-state index contributed by atoms with van der Waals surface area (Å²) in [6.45, 7) is 2.22. The number of nitro groups is 1. The molecule has 0 amide bonds. The van der Waals surface area contributed by atoms with Gasteiger partial charge in [0.2, 0.25) is 0 Å². The van der Waals surface area contributed by atoms with Crippen LogP contribution < -0.4 is 0 Å². The Morgan fingerprint density at radius 3 is 2.70 bits per heavy atom. The number of pyridine rings is 1. The number of benzene rings is 1. The lowest BCUT2D eigenvalue weighted by Gasteiger charge is -2.32. The first-order valence-corrected chi connectivity index (χ1v) is 11.0. The van der Waals surface area contributed by atoms with Gasteiger partial charge in [0.1, 0.15) is 12.1 Å².